The summed E-state index contributed by atoms with van der Waals surface area (Å²) in [5, 5.41) is 21.4. The van der Waals surface area contributed by atoms with E-state index in [1.807, 2.05) is 0 Å². The van der Waals surface area contributed by atoms with Crippen molar-refractivity contribution in [2.75, 3.05) is 0 Å². The van der Waals surface area contributed by atoms with Gasteiger partial charge in [0.15, 0.2) is 0 Å². The van der Waals surface area contributed by atoms with Crippen molar-refractivity contribution in [2.24, 2.45) is 46.3 Å². The van der Waals surface area contributed by atoms with E-state index in [2.05, 4.69) is 34.3 Å². The minimum Gasteiger partial charge on any atom is -0.393 e. The first-order valence-electron chi connectivity index (χ1n) is 12.7. The molecule has 0 heterocycles. The zero-order valence-electron chi connectivity index (χ0n) is 19.5. The second-order valence-corrected chi connectivity index (χ2v) is 12.3. The third-order valence-electron chi connectivity index (χ3n) is 10.4. The van der Waals surface area contributed by atoms with E-state index >= 15 is 0 Å². The molecule has 0 saturated heterocycles. The lowest BCUT2D eigenvalue weighted by atomic mass is 9.44. The number of aliphatic hydroxyl groups excluding tert-OH is 2. The van der Waals surface area contributed by atoms with Crippen LogP contribution in [0.3, 0.4) is 0 Å². The van der Waals surface area contributed by atoms with Crippen LogP contribution in [0.5, 0.6) is 0 Å². The molecule has 0 unspecified atom stereocenters. The number of fused-ring (bicyclic) bond motifs is 5. The lowest BCUT2D eigenvalue weighted by Crippen LogP contribution is -2.58. The maximum atomic E-state index is 11.1. The van der Waals surface area contributed by atoms with Crippen LogP contribution in [0.25, 0.3) is 0 Å². The Balaban J connectivity index is 1.50. The fourth-order valence-corrected chi connectivity index (χ4v) is 8.86. The first kappa shape index (κ1) is 21.9. The molecule has 2 heteroatoms. The van der Waals surface area contributed by atoms with Crippen molar-refractivity contribution in [3.05, 3.63) is 12.2 Å². The summed E-state index contributed by atoms with van der Waals surface area (Å²) in [5.74, 6) is 3.96. The molecule has 2 nitrogen and oxygen atoms in total. The van der Waals surface area contributed by atoms with Crippen molar-refractivity contribution >= 4 is 0 Å². The van der Waals surface area contributed by atoms with Gasteiger partial charge in [-0.1, -0.05) is 46.3 Å². The summed E-state index contributed by atoms with van der Waals surface area (Å²) in [6.45, 7) is 14.3. The molecule has 0 radical (unpaired) electrons. The van der Waals surface area contributed by atoms with E-state index in [0.717, 1.165) is 43.4 Å². The van der Waals surface area contributed by atoms with Gasteiger partial charge in [-0.15, -0.1) is 0 Å². The minimum atomic E-state index is -0.216. The molecule has 4 rings (SSSR count). The van der Waals surface area contributed by atoms with Crippen molar-refractivity contribution in [1.29, 1.82) is 0 Å². The molecule has 4 fully saturated rings. The molecule has 0 aromatic carbocycles. The first-order valence-corrected chi connectivity index (χ1v) is 12.7. The minimum absolute atomic E-state index is 0.196. The quantitative estimate of drug-likeness (QED) is 0.525. The van der Waals surface area contributed by atoms with Crippen molar-refractivity contribution in [3.8, 4) is 0 Å². The Morgan fingerprint density at radius 2 is 1.62 bits per heavy atom. The van der Waals surface area contributed by atoms with Gasteiger partial charge >= 0.3 is 0 Å². The number of allylic oxidation sites excluding steroid dienone is 1. The van der Waals surface area contributed by atoms with Gasteiger partial charge in [0.05, 0.1) is 12.2 Å². The molecule has 0 spiro atoms. The average Bonchev–Trinajstić information content (AvgIpc) is 3.00. The van der Waals surface area contributed by atoms with Gasteiger partial charge in [-0.25, -0.2) is 0 Å². The summed E-state index contributed by atoms with van der Waals surface area (Å²) >= 11 is 0. The van der Waals surface area contributed by atoms with Crippen LogP contribution in [0, 0.1) is 46.3 Å². The number of aliphatic hydroxyl groups is 2. The highest BCUT2D eigenvalue weighted by molar-refractivity contribution is 5.17. The van der Waals surface area contributed by atoms with Crippen LogP contribution in [0.1, 0.15) is 98.3 Å². The Morgan fingerprint density at radius 1 is 0.931 bits per heavy atom. The van der Waals surface area contributed by atoms with E-state index in [1.54, 1.807) is 0 Å². The maximum absolute atomic E-state index is 11.1. The average molecular weight is 403 g/mol. The van der Waals surface area contributed by atoms with Gasteiger partial charge < -0.3 is 10.2 Å². The third kappa shape index (κ3) is 3.65. The molecule has 4 saturated carbocycles. The fourth-order valence-electron chi connectivity index (χ4n) is 8.86. The monoisotopic (exact) mass is 402 g/mol. The molecular weight excluding hydrogens is 356 g/mol. The molecule has 0 bridgehead atoms. The number of hydrogen-bond donors (Lipinski definition) is 2. The normalized spacial score (nSPS) is 49.4. The third-order valence-corrected chi connectivity index (χ3v) is 10.4. The van der Waals surface area contributed by atoms with Crippen LogP contribution < -0.4 is 0 Å². The molecule has 0 amide bonds. The SMILES string of the molecule is C=C(CCCC(C)C)[C@H]1CC[C@H]2[C@@H]3C[C@H](O)[C@H]4C[C@@H](O)CC[C@]4(C)[C@H]3CC[C@]12C. The topological polar surface area (TPSA) is 40.5 Å². The van der Waals surface area contributed by atoms with Crippen LogP contribution in [-0.4, -0.2) is 22.4 Å². The number of hydrogen-bond acceptors (Lipinski definition) is 2. The van der Waals surface area contributed by atoms with Crippen molar-refractivity contribution in [2.45, 2.75) is 111 Å². The highest BCUT2D eigenvalue weighted by Gasteiger charge is 2.62. The van der Waals surface area contributed by atoms with E-state index in [-0.39, 0.29) is 17.6 Å². The van der Waals surface area contributed by atoms with Gasteiger partial charge in [-0.3, -0.25) is 0 Å². The van der Waals surface area contributed by atoms with E-state index in [0.29, 0.717) is 23.2 Å². The second-order valence-electron chi connectivity index (χ2n) is 12.3. The van der Waals surface area contributed by atoms with E-state index in [9.17, 15) is 10.2 Å². The zero-order valence-corrected chi connectivity index (χ0v) is 19.5. The van der Waals surface area contributed by atoms with Gasteiger partial charge in [0.1, 0.15) is 0 Å². The van der Waals surface area contributed by atoms with Crippen LogP contribution in [-0.2, 0) is 0 Å². The van der Waals surface area contributed by atoms with Crippen molar-refractivity contribution < 1.29 is 10.2 Å². The molecule has 166 valence electrons. The standard InChI is InChI=1S/C27H46O2/c1-17(2)7-6-8-18(3)21-9-10-22-20-16-25(29)24-15-19(28)11-13-27(24,5)23(20)12-14-26(21,22)4/h17,19-25,28-29H,3,6-16H2,1-2,4-5H3/t19-,20-,21+,22-,23-,24+,25-,26+,27+/m0/s1. The van der Waals surface area contributed by atoms with Gasteiger partial charge in [0.2, 0.25) is 0 Å². The smallest absolute Gasteiger partial charge is 0.0577 e. The summed E-state index contributed by atoms with van der Waals surface area (Å²) in [4.78, 5) is 0. The largest absolute Gasteiger partial charge is 0.393 e. The zero-order chi connectivity index (χ0) is 21.0. The summed E-state index contributed by atoms with van der Waals surface area (Å²) in [6, 6.07) is 0. The van der Waals surface area contributed by atoms with Gasteiger partial charge in [0, 0.05) is 0 Å². The summed E-state index contributed by atoms with van der Waals surface area (Å²) in [7, 11) is 0. The fraction of sp³-hybridized carbons (Fsp3) is 0.926. The van der Waals surface area contributed by atoms with Gasteiger partial charge in [0.25, 0.3) is 0 Å². The predicted molar refractivity (Wildman–Crippen MR) is 120 cm³/mol. The molecular formula is C27H46O2. The highest BCUT2D eigenvalue weighted by atomic mass is 16.3. The van der Waals surface area contributed by atoms with E-state index in [1.165, 1.54) is 50.5 Å². The Morgan fingerprint density at radius 3 is 2.34 bits per heavy atom. The first-order chi connectivity index (χ1) is 13.7. The molecule has 9 atom stereocenters. The van der Waals surface area contributed by atoms with Gasteiger partial charge in [-0.05, 0) is 111 Å². The van der Waals surface area contributed by atoms with Gasteiger partial charge in [-0.2, -0.15) is 0 Å². The summed E-state index contributed by atoms with van der Waals surface area (Å²) in [6.07, 6.45) is 12.5. The van der Waals surface area contributed by atoms with E-state index in [4.69, 9.17) is 0 Å². The van der Waals surface area contributed by atoms with Crippen LogP contribution in [0.4, 0.5) is 0 Å². The Bertz CT molecular complexity index is 612. The Hall–Kier alpha value is -0.340. The van der Waals surface area contributed by atoms with Crippen LogP contribution in [0.2, 0.25) is 0 Å². The molecule has 0 aromatic heterocycles. The summed E-state index contributed by atoms with van der Waals surface area (Å²) < 4.78 is 0. The molecule has 0 aromatic rings. The molecule has 4 aliphatic rings. The maximum Gasteiger partial charge on any atom is 0.0577 e. The Labute approximate surface area is 179 Å². The highest BCUT2D eigenvalue weighted by Crippen LogP contribution is 2.68. The molecule has 4 aliphatic carbocycles. The van der Waals surface area contributed by atoms with Crippen LogP contribution >= 0.6 is 0 Å². The van der Waals surface area contributed by atoms with Crippen molar-refractivity contribution in [3.63, 3.8) is 0 Å². The lowest BCUT2D eigenvalue weighted by molar-refractivity contribution is -0.169. The number of rotatable bonds is 5. The second kappa shape index (κ2) is 7.97. The molecule has 2 N–H and O–H groups in total. The summed E-state index contributed by atoms with van der Waals surface area (Å²) in [5.41, 5.74) is 2.15. The lowest BCUT2D eigenvalue weighted by Gasteiger charge is -2.62. The predicted octanol–water partition coefficient (Wildman–Crippen LogP) is 6.36. The molecule has 0 aliphatic heterocycles. The van der Waals surface area contributed by atoms with E-state index < -0.39 is 0 Å². The van der Waals surface area contributed by atoms with Crippen LogP contribution in [0.15, 0.2) is 12.2 Å². The van der Waals surface area contributed by atoms with Crippen molar-refractivity contribution in [1.82, 2.24) is 0 Å². The Kier molecular flexibility index (Phi) is 6.01. The molecule has 29 heavy (non-hydrogen) atoms.